The van der Waals surface area contributed by atoms with Crippen LogP contribution in [0.3, 0.4) is 0 Å². The summed E-state index contributed by atoms with van der Waals surface area (Å²) in [7, 11) is 0. The molecule has 0 bridgehead atoms. The fourth-order valence-electron chi connectivity index (χ4n) is 1.89. The van der Waals surface area contributed by atoms with Crippen LogP contribution in [0.2, 0.25) is 0 Å². The third-order valence-corrected chi connectivity index (χ3v) is 3.91. The lowest BCUT2D eigenvalue weighted by Gasteiger charge is -2.11. The van der Waals surface area contributed by atoms with Gasteiger partial charge in [-0.1, -0.05) is 6.92 Å². The van der Waals surface area contributed by atoms with Gasteiger partial charge in [-0.05, 0) is 47.6 Å². The van der Waals surface area contributed by atoms with Gasteiger partial charge in [0.2, 0.25) is 5.91 Å². The van der Waals surface area contributed by atoms with Crippen molar-refractivity contribution in [3.05, 3.63) is 21.5 Å². The highest BCUT2D eigenvalue weighted by atomic mass is 79.9. The van der Waals surface area contributed by atoms with Gasteiger partial charge in [0, 0.05) is 29.7 Å². The standard InChI is InChI=1S/C13H17BrN4OS/c1-3-8(2)16-11(19)4-5-18-12-10(17-13(18)20)6-9(14)7-15-12/h6-8H,3-5H2,1-2H3,(H,16,19)(H,17,20). The van der Waals surface area contributed by atoms with E-state index in [0.717, 1.165) is 22.1 Å². The van der Waals surface area contributed by atoms with Gasteiger partial charge in [0.05, 0.1) is 5.52 Å². The van der Waals surface area contributed by atoms with Crippen molar-refractivity contribution in [1.29, 1.82) is 0 Å². The maximum absolute atomic E-state index is 11.8. The summed E-state index contributed by atoms with van der Waals surface area (Å²) in [5.41, 5.74) is 1.64. The molecule has 1 amide bonds. The van der Waals surface area contributed by atoms with Crippen molar-refractivity contribution < 1.29 is 4.79 Å². The number of nitrogens with one attached hydrogen (secondary N) is 2. The molecule has 0 spiro atoms. The zero-order valence-electron chi connectivity index (χ0n) is 11.4. The van der Waals surface area contributed by atoms with E-state index in [2.05, 4.69) is 31.2 Å². The van der Waals surface area contributed by atoms with Gasteiger partial charge in [-0.15, -0.1) is 0 Å². The molecule has 2 aromatic heterocycles. The largest absolute Gasteiger partial charge is 0.354 e. The van der Waals surface area contributed by atoms with Crippen LogP contribution in [0.5, 0.6) is 0 Å². The minimum atomic E-state index is 0.0349. The zero-order chi connectivity index (χ0) is 14.7. The van der Waals surface area contributed by atoms with Crippen molar-refractivity contribution in [2.24, 2.45) is 0 Å². The molecule has 2 rings (SSSR count). The fraction of sp³-hybridized carbons (Fsp3) is 0.462. The normalized spacial score (nSPS) is 12.6. The number of halogens is 1. The molecule has 0 aromatic carbocycles. The van der Waals surface area contributed by atoms with E-state index in [-0.39, 0.29) is 11.9 Å². The van der Waals surface area contributed by atoms with E-state index in [4.69, 9.17) is 12.2 Å². The Kier molecular flexibility index (Phi) is 4.93. The Balaban J connectivity index is 2.12. The highest BCUT2D eigenvalue weighted by Gasteiger charge is 2.09. The maximum atomic E-state index is 11.8. The molecule has 1 atom stereocenters. The smallest absolute Gasteiger partial charge is 0.222 e. The molecule has 0 saturated heterocycles. The van der Waals surface area contributed by atoms with Crippen molar-refractivity contribution >= 4 is 45.2 Å². The molecule has 0 aliphatic carbocycles. The van der Waals surface area contributed by atoms with Crippen molar-refractivity contribution in [1.82, 2.24) is 19.9 Å². The molecule has 20 heavy (non-hydrogen) atoms. The van der Waals surface area contributed by atoms with Gasteiger partial charge in [-0.3, -0.25) is 4.79 Å². The number of hydrogen-bond donors (Lipinski definition) is 2. The third kappa shape index (κ3) is 3.46. The summed E-state index contributed by atoms with van der Waals surface area (Å²) in [4.78, 5) is 19.3. The van der Waals surface area contributed by atoms with Crippen LogP contribution in [-0.4, -0.2) is 26.5 Å². The van der Waals surface area contributed by atoms with Crippen LogP contribution in [-0.2, 0) is 11.3 Å². The monoisotopic (exact) mass is 356 g/mol. The average Bonchev–Trinajstić information content (AvgIpc) is 2.70. The van der Waals surface area contributed by atoms with Gasteiger partial charge in [0.25, 0.3) is 0 Å². The van der Waals surface area contributed by atoms with Crippen molar-refractivity contribution in [2.45, 2.75) is 39.3 Å². The molecule has 2 heterocycles. The van der Waals surface area contributed by atoms with E-state index in [1.54, 1.807) is 6.20 Å². The minimum absolute atomic E-state index is 0.0349. The molecule has 0 radical (unpaired) electrons. The number of carbonyl (C=O) groups excluding carboxylic acids is 1. The molecule has 0 aliphatic rings. The Labute approximate surface area is 130 Å². The first-order valence-corrected chi connectivity index (χ1v) is 7.74. The third-order valence-electron chi connectivity index (χ3n) is 3.16. The van der Waals surface area contributed by atoms with Crippen LogP contribution in [0.4, 0.5) is 0 Å². The molecule has 5 nitrogen and oxygen atoms in total. The number of rotatable bonds is 5. The minimum Gasteiger partial charge on any atom is -0.354 e. The number of aromatic nitrogens is 3. The van der Waals surface area contributed by atoms with Crippen LogP contribution >= 0.6 is 28.1 Å². The van der Waals surface area contributed by atoms with E-state index in [1.807, 2.05) is 24.5 Å². The van der Waals surface area contributed by atoms with Gasteiger partial charge in [0.1, 0.15) is 0 Å². The zero-order valence-corrected chi connectivity index (χ0v) is 13.8. The molecule has 7 heteroatoms. The van der Waals surface area contributed by atoms with E-state index >= 15 is 0 Å². The lowest BCUT2D eigenvalue weighted by molar-refractivity contribution is -0.121. The number of H-pyrrole nitrogens is 1. The second-order valence-corrected chi connectivity index (χ2v) is 6.04. The van der Waals surface area contributed by atoms with E-state index in [1.165, 1.54) is 0 Å². The highest BCUT2D eigenvalue weighted by Crippen LogP contribution is 2.17. The van der Waals surface area contributed by atoms with Gasteiger partial charge >= 0.3 is 0 Å². The van der Waals surface area contributed by atoms with E-state index in [0.29, 0.717) is 17.7 Å². The number of pyridine rings is 1. The Morgan fingerprint density at radius 2 is 2.40 bits per heavy atom. The summed E-state index contributed by atoms with van der Waals surface area (Å²) in [5.74, 6) is 0.0349. The second-order valence-electron chi connectivity index (χ2n) is 4.73. The molecule has 0 fully saturated rings. The number of amides is 1. The predicted molar refractivity (Wildman–Crippen MR) is 85.1 cm³/mol. The summed E-state index contributed by atoms with van der Waals surface area (Å²) >= 11 is 8.65. The second kappa shape index (κ2) is 6.49. The van der Waals surface area contributed by atoms with E-state index < -0.39 is 0 Å². The molecular weight excluding hydrogens is 340 g/mol. The molecule has 2 N–H and O–H groups in total. The topological polar surface area (TPSA) is 62.7 Å². The molecule has 1 unspecified atom stereocenters. The number of nitrogens with zero attached hydrogens (tertiary/aromatic N) is 2. The number of hydrogen-bond acceptors (Lipinski definition) is 3. The van der Waals surface area contributed by atoms with Crippen LogP contribution in [0.15, 0.2) is 16.7 Å². The van der Waals surface area contributed by atoms with Crippen LogP contribution in [0, 0.1) is 4.77 Å². The molecule has 0 aliphatic heterocycles. The van der Waals surface area contributed by atoms with Crippen LogP contribution < -0.4 is 5.32 Å². The number of fused-ring (bicyclic) bond motifs is 1. The Hall–Kier alpha value is -1.21. The molecule has 2 aromatic rings. The lowest BCUT2D eigenvalue weighted by atomic mass is 10.2. The van der Waals surface area contributed by atoms with Gasteiger partial charge < -0.3 is 14.9 Å². The summed E-state index contributed by atoms with van der Waals surface area (Å²) in [6, 6.07) is 2.13. The maximum Gasteiger partial charge on any atom is 0.222 e. The van der Waals surface area contributed by atoms with Crippen molar-refractivity contribution in [3.63, 3.8) is 0 Å². The first kappa shape index (κ1) is 15.2. The SMILES string of the molecule is CCC(C)NC(=O)CCn1c(=S)[nH]c2cc(Br)cnc21. The first-order valence-electron chi connectivity index (χ1n) is 6.54. The molecular formula is C13H17BrN4OS. The fourth-order valence-corrected chi connectivity index (χ4v) is 2.51. The summed E-state index contributed by atoms with van der Waals surface area (Å²) in [6.07, 6.45) is 3.04. The van der Waals surface area contributed by atoms with Gasteiger partial charge in [0.15, 0.2) is 10.4 Å². The summed E-state index contributed by atoms with van der Waals surface area (Å²) < 4.78 is 3.33. The number of imidazole rings is 1. The Bertz CT molecular complexity index is 679. The number of aromatic amines is 1. The number of aryl methyl sites for hydroxylation is 1. The molecule has 0 saturated carbocycles. The predicted octanol–water partition coefficient (Wildman–Crippen LogP) is 3.16. The van der Waals surface area contributed by atoms with Crippen molar-refractivity contribution in [2.75, 3.05) is 0 Å². The van der Waals surface area contributed by atoms with Gasteiger partial charge in [-0.2, -0.15) is 0 Å². The molecule has 108 valence electrons. The average molecular weight is 357 g/mol. The van der Waals surface area contributed by atoms with E-state index in [9.17, 15) is 4.79 Å². The lowest BCUT2D eigenvalue weighted by Crippen LogP contribution is -2.32. The Morgan fingerprint density at radius 1 is 1.65 bits per heavy atom. The summed E-state index contributed by atoms with van der Waals surface area (Å²) in [5, 5.41) is 2.94. The highest BCUT2D eigenvalue weighted by molar-refractivity contribution is 9.10. The Morgan fingerprint density at radius 3 is 3.10 bits per heavy atom. The van der Waals surface area contributed by atoms with Crippen LogP contribution in [0.1, 0.15) is 26.7 Å². The number of carbonyl (C=O) groups is 1. The quantitative estimate of drug-likeness (QED) is 0.808. The summed E-state index contributed by atoms with van der Waals surface area (Å²) in [6.45, 7) is 4.56. The van der Waals surface area contributed by atoms with Crippen molar-refractivity contribution in [3.8, 4) is 0 Å². The van der Waals surface area contributed by atoms with Gasteiger partial charge in [-0.25, -0.2) is 4.98 Å². The first-order chi connectivity index (χ1) is 9.51. The van der Waals surface area contributed by atoms with Crippen LogP contribution in [0.25, 0.3) is 11.2 Å².